The molecule has 0 unspecified atom stereocenters. The van der Waals surface area contributed by atoms with E-state index >= 15 is 0 Å². The molecule has 6 nitrogen and oxygen atoms in total. The van der Waals surface area contributed by atoms with Crippen molar-refractivity contribution in [3.05, 3.63) is 179 Å². The number of ether oxygens (including phenoxy) is 2. The van der Waals surface area contributed by atoms with Crippen LogP contribution >= 0.6 is 12.6 Å². The molecule has 50 heavy (non-hydrogen) atoms. The maximum Gasteiger partial charge on any atom is 0.185 e. The molecular weight excluding hydrogens is 680 g/mol. The van der Waals surface area contributed by atoms with Gasteiger partial charge in [0.1, 0.15) is 23.4 Å². The zero-order valence-corrected chi connectivity index (χ0v) is 31.5. The summed E-state index contributed by atoms with van der Waals surface area (Å²) >= 11 is 4.39. The summed E-state index contributed by atoms with van der Waals surface area (Å²) in [5.74, 6) is 0.613. The van der Waals surface area contributed by atoms with Crippen molar-refractivity contribution in [1.82, 2.24) is 0 Å². The molecule has 5 aromatic rings. The zero-order valence-electron chi connectivity index (χ0n) is 29.0. The number of hydrogen-bond acceptors (Lipinski definition) is 7. The molecule has 0 aliphatic carbocycles. The molecule has 1 fully saturated rings. The van der Waals surface area contributed by atoms with Crippen molar-refractivity contribution in [1.29, 1.82) is 0 Å². The summed E-state index contributed by atoms with van der Waals surface area (Å²) < 4.78 is 13.5. The Balaban J connectivity index is 0.000000681. The van der Waals surface area contributed by atoms with E-state index in [2.05, 4.69) is 12.6 Å². The molecular formula is C42H48O6STi. The standard InChI is InChI=1S/C36H32O4S.2C3H8O.Ti/c37-35(28-13-5-1-6-14-28,29-15-7-2-8-16-29)32-33(40-34(39-32)27-23-21-26(25-41)22-24-27)36(38,30-17-9-3-10-18-30)31-19-11-4-12-20-31;2*1-3(2)4;/h1-24,32-34,37-38,41H,25H2;2*3-4H,1-2H3;/t32-,33-;;;/m1.../s1. The van der Waals surface area contributed by atoms with Gasteiger partial charge in [0.15, 0.2) is 6.29 Å². The van der Waals surface area contributed by atoms with Gasteiger partial charge in [0.2, 0.25) is 0 Å². The maximum absolute atomic E-state index is 12.9. The van der Waals surface area contributed by atoms with Crippen LogP contribution in [0.1, 0.15) is 67.4 Å². The molecule has 0 amide bonds. The molecule has 4 N–H and O–H groups in total. The molecule has 0 aromatic heterocycles. The van der Waals surface area contributed by atoms with Crippen molar-refractivity contribution in [2.75, 3.05) is 0 Å². The Labute approximate surface area is 317 Å². The predicted molar refractivity (Wildman–Crippen MR) is 198 cm³/mol. The average Bonchev–Trinajstić information content (AvgIpc) is 3.59. The van der Waals surface area contributed by atoms with E-state index < -0.39 is 29.7 Å². The summed E-state index contributed by atoms with van der Waals surface area (Å²) in [7, 11) is 0. The Kier molecular flexibility index (Phi) is 16.1. The van der Waals surface area contributed by atoms with Gasteiger partial charge in [-0.2, -0.15) is 12.6 Å². The fourth-order valence-corrected chi connectivity index (χ4v) is 5.98. The number of thiol groups is 1. The third-order valence-corrected chi connectivity index (χ3v) is 8.29. The van der Waals surface area contributed by atoms with Gasteiger partial charge in [-0.15, -0.1) is 0 Å². The van der Waals surface area contributed by atoms with Gasteiger partial charge in [-0.25, -0.2) is 0 Å². The van der Waals surface area contributed by atoms with Crippen LogP contribution in [-0.2, 0) is 48.1 Å². The Hall–Kier alpha value is -3.08. The largest absolute Gasteiger partial charge is 0.394 e. The fraction of sp³-hybridized carbons (Fsp3) is 0.286. The molecule has 1 saturated heterocycles. The molecule has 2 atom stereocenters. The van der Waals surface area contributed by atoms with Crippen LogP contribution in [0, 0.1) is 0 Å². The third kappa shape index (κ3) is 10.0. The van der Waals surface area contributed by atoms with Crippen molar-refractivity contribution in [3.63, 3.8) is 0 Å². The normalized spacial score (nSPS) is 16.1. The molecule has 6 rings (SSSR count). The number of rotatable bonds is 8. The van der Waals surface area contributed by atoms with Gasteiger partial charge in [-0.05, 0) is 55.5 Å². The Morgan fingerprint density at radius 1 is 0.520 bits per heavy atom. The number of aliphatic hydroxyl groups excluding tert-OH is 2. The fourth-order valence-electron chi connectivity index (χ4n) is 5.77. The summed E-state index contributed by atoms with van der Waals surface area (Å²) in [6.45, 7) is 6.89. The Morgan fingerprint density at radius 2 is 0.780 bits per heavy atom. The smallest absolute Gasteiger partial charge is 0.185 e. The molecule has 5 aromatic carbocycles. The van der Waals surface area contributed by atoms with Gasteiger partial charge in [0.25, 0.3) is 0 Å². The SMILES string of the molecule is CC(C)O.CC(C)O.OC(c1ccccc1)(c1ccccc1)[C@@H]1OC(c2ccc(CS)cc2)O[C@H]1C(O)(c1ccccc1)c1ccccc1.[Ti]. The second-order valence-corrected chi connectivity index (χ2v) is 12.8. The second-order valence-electron chi connectivity index (χ2n) is 12.5. The third-order valence-electron chi connectivity index (χ3n) is 7.93. The van der Waals surface area contributed by atoms with E-state index in [0.29, 0.717) is 28.0 Å². The van der Waals surface area contributed by atoms with E-state index in [1.54, 1.807) is 27.7 Å². The zero-order chi connectivity index (χ0) is 35.4. The van der Waals surface area contributed by atoms with Crippen molar-refractivity contribution in [2.45, 2.75) is 75.4 Å². The topological polar surface area (TPSA) is 99.4 Å². The van der Waals surface area contributed by atoms with E-state index in [1.807, 2.05) is 146 Å². The molecule has 0 radical (unpaired) electrons. The van der Waals surface area contributed by atoms with Crippen LogP contribution in [0.25, 0.3) is 0 Å². The van der Waals surface area contributed by atoms with Gasteiger partial charge in [0, 0.05) is 45.2 Å². The van der Waals surface area contributed by atoms with Crippen LogP contribution < -0.4 is 0 Å². The van der Waals surface area contributed by atoms with Gasteiger partial charge in [-0.1, -0.05) is 146 Å². The predicted octanol–water partition coefficient (Wildman–Crippen LogP) is 7.54. The first-order valence-corrected chi connectivity index (χ1v) is 17.2. The first kappa shape index (κ1) is 41.3. The first-order valence-electron chi connectivity index (χ1n) is 16.5. The minimum atomic E-state index is -1.66. The maximum atomic E-state index is 12.9. The van der Waals surface area contributed by atoms with Gasteiger partial charge in [-0.3, -0.25) is 0 Å². The summed E-state index contributed by atoms with van der Waals surface area (Å²) in [6, 6.07) is 45.7. The van der Waals surface area contributed by atoms with Crippen LogP contribution in [0.2, 0.25) is 0 Å². The number of hydrogen-bond donors (Lipinski definition) is 5. The summed E-state index contributed by atoms with van der Waals surface area (Å²) in [5, 5.41) is 41.9. The molecule has 1 aliphatic rings. The molecule has 262 valence electrons. The molecule has 1 heterocycles. The summed E-state index contributed by atoms with van der Waals surface area (Å²) in [4.78, 5) is 0. The number of benzene rings is 5. The van der Waals surface area contributed by atoms with E-state index in [1.165, 1.54) is 0 Å². The van der Waals surface area contributed by atoms with E-state index in [9.17, 15) is 10.2 Å². The minimum Gasteiger partial charge on any atom is -0.394 e. The molecule has 1 aliphatic heterocycles. The van der Waals surface area contributed by atoms with Crippen LogP contribution in [0.5, 0.6) is 0 Å². The Bertz CT molecular complexity index is 1470. The Morgan fingerprint density at radius 3 is 1.02 bits per heavy atom. The second kappa shape index (κ2) is 19.5. The minimum absolute atomic E-state index is 0. The molecule has 0 bridgehead atoms. The number of aliphatic hydroxyl groups is 4. The summed E-state index contributed by atoms with van der Waals surface area (Å²) in [6.07, 6.45) is -3.18. The van der Waals surface area contributed by atoms with Gasteiger partial charge in [0.05, 0.1) is 0 Å². The monoisotopic (exact) mass is 728 g/mol. The van der Waals surface area contributed by atoms with Crippen molar-refractivity contribution in [3.8, 4) is 0 Å². The van der Waals surface area contributed by atoms with Crippen LogP contribution in [0.3, 0.4) is 0 Å². The quantitative estimate of drug-likeness (QED) is 0.0837. The van der Waals surface area contributed by atoms with Gasteiger partial charge >= 0.3 is 0 Å². The van der Waals surface area contributed by atoms with Crippen LogP contribution in [-0.4, -0.2) is 44.8 Å². The average molecular weight is 729 g/mol. The van der Waals surface area contributed by atoms with Crippen molar-refractivity contribution < 1.29 is 51.6 Å². The molecule has 8 heteroatoms. The molecule has 0 spiro atoms. The summed E-state index contributed by atoms with van der Waals surface area (Å²) in [5.41, 5.74) is 1.08. The van der Waals surface area contributed by atoms with Gasteiger partial charge < -0.3 is 29.9 Å². The van der Waals surface area contributed by atoms with Crippen LogP contribution in [0.4, 0.5) is 0 Å². The first-order chi connectivity index (χ1) is 23.5. The van der Waals surface area contributed by atoms with E-state index in [4.69, 9.17) is 19.7 Å². The van der Waals surface area contributed by atoms with Crippen molar-refractivity contribution >= 4 is 12.6 Å². The van der Waals surface area contributed by atoms with Crippen molar-refractivity contribution in [2.24, 2.45) is 0 Å². The molecule has 0 saturated carbocycles. The van der Waals surface area contributed by atoms with E-state index in [-0.39, 0.29) is 33.9 Å². The van der Waals surface area contributed by atoms with Crippen LogP contribution in [0.15, 0.2) is 146 Å². The van der Waals surface area contributed by atoms with E-state index in [0.717, 1.165) is 11.1 Å².